The lowest BCUT2D eigenvalue weighted by molar-refractivity contribution is -0.127. The third-order valence-corrected chi connectivity index (χ3v) is 6.34. The van der Waals surface area contributed by atoms with Crippen molar-refractivity contribution in [3.63, 3.8) is 0 Å². The van der Waals surface area contributed by atoms with E-state index in [4.69, 9.17) is 4.74 Å². The van der Waals surface area contributed by atoms with Gasteiger partial charge in [0.15, 0.2) is 0 Å². The molecule has 4 rings (SSSR count). The van der Waals surface area contributed by atoms with Gasteiger partial charge in [0, 0.05) is 23.4 Å². The average Bonchev–Trinajstić information content (AvgIpc) is 3.55. The van der Waals surface area contributed by atoms with Crippen molar-refractivity contribution < 1.29 is 14.3 Å². The van der Waals surface area contributed by atoms with E-state index in [2.05, 4.69) is 20.7 Å². The van der Waals surface area contributed by atoms with Gasteiger partial charge in [0.1, 0.15) is 18.3 Å². The predicted molar refractivity (Wildman–Crippen MR) is 133 cm³/mol. The number of nitrogens with zero attached hydrogens (tertiary/aromatic N) is 5. The first kappa shape index (κ1) is 24.4. The number of aromatic nitrogens is 4. The fourth-order valence-electron chi connectivity index (χ4n) is 4.44. The molecule has 9 heteroatoms. The number of hydrogen-bond acceptors (Lipinski definition) is 6. The molecule has 9 nitrogen and oxygen atoms in total. The predicted octanol–water partition coefficient (Wildman–Crippen LogP) is 3.53. The van der Waals surface area contributed by atoms with Crippen molar-refractivity contribution in [3.8, 4) is 17.1 Å². The summed E-state index contributed by atoms with van der Waals surface area (Å²) >= 11 is 0. The normalized spacial score (nSPS) is 14.5. The maximum Gasteiger partial charge on any atom is 0.251 e. The standard InChI is InChI=1S/C26H32N6O3/c1-4-23(26(34)27-20-8-5-6-9-20)32(21-10-7-11-22(16-21)35-3)24(33)17-31-29-25(28-30-31)19-14-12-18(2)13-15-19/h7,10-16,20,23H,4-6,8-9,17H2,1-3H3,(H,27,34). The molecule has 1 heterocycles. The molecule has 1 atom stereocenters. The van der Waals surface area contributed by atoms with Gasteiger partial charge in [-0.1, -0.05) is 55.7 Å². The van der Waals surface area contributed by atoms with E-state index in [1.54, 1.807) is 31.4 Å². The second kappa shape index (κ2) is 11.1. The monoisotopic (exact) mass is 476 g/mol. The maximum absolute atomic E-state index is 13.6. The molecule has 1 fully saturated rings. The van der Waals surface area contributed by atoms with Crippen LogP contribution in [0.4, 0.5) is 5.69 Å². The summed E-state index contributed by atoms with van der Waals surface area (Å²) in [5, 5.41) is 15.7. The fraction of sp³-hybridized carbons (Fsp3) is 0.423. The van der Waals surface area contributed by atoms with Crippen LogP contribution in [0, 0.1) is 6.92 Å². The Morgan fingerprint density at radius 2 is 1.91 bits per heavy atom. The Balaban J connectivity index is 1.59. The molecule has 1 aromatic heterocycles. The van der Waals surface area contributed by atoms with E-state index < -0.39 is 6.04 Å². The second-order valence-corrected chi connectivity index (χ2v) is 8.89. The van der Waals surface area contributed by atoms with E-state index in [-0.39, 0.29) is 24.4 Å². The summed E-state index contributed by atoms with van der Waals surface area (Å²) < 4.78 is 5.37. The molecule has 1 aliphatic carbocycles. The molecular weight excluding hydrogens is 444 g/mol. The van der Waals surface area contributed by atoms with Crippen molar-refractivity contribution in [2.45, 2.75) is 64.6 Å². The van der Waals surface area contributed by atoms with Crippen molar-refractivity contribution in [2.24, 2.45) is 0 Å². The largest absolute Gasteiger partial charge is 0.497 e. The first-order valence-electron chi connectivity index (χ1n) is 12.1. The topological polar surface area (TPSA) is 102 Å². The summed E-state index contributed by atoms with van der Waals surface area (Å²) in [6.45, 7) is 3.76. The summed E-state index contributed by atoms with van der Waals surface area (Å²) in [6, 6.07) is 14.4. The molecule has 0 spiro atoms. The number of hydrogen-bond donors (Lipinski definition) is 1. The highest BCUT2D eigenvalue weighted by molar-refractivity contribution is 6.00. The van der Waals surface area contributed by atoms with Gasteiger partial charge in [-0.25, -0.2) is 0 Å². The van der Waals surface area contributed by atoms with Crippen molar-refractivity contribution in [2.75, 3.05) is 12.0 Å². The Kier molecular flexibility index (Phi) is 7.74. The summed E-state index contributed by atoms with van der Waals surface area (Å²) in [7, 11) is 1.57. The smallest absolute Gasteiger partial charge is 0.251 e. The van der Waals surface area contributed by atoms with Crippen LogP contribution in [-0.4, -0.2) is 51.2 Å². The van der Waals surface area contributed by atoms with Crippen LogP contribution in [0.15, 0.2) is 48.5 Å². The number of amides is 2. The minimum Gasteiger partial charge on any atom is -0.497 e. The molecular formula is C26H32N6O3. The first-order valence-corrected chi connectivity index (χ1v) is 12.1. The van der Waals surface area contributed by atoms with Gasteiger partial charge >= 0.3 is 0 Å². The molecule has 0 radical (unpaired) electrons. The molecule has 3 aromatic rings. The number of anilines is 1. The first-order chi connectivity index (χ1) is 17.0. The number of methoxy groups -OCH3 is 1. The van der Waals surface area contributed by atoms with Crippen LogP contribution < -0.4 is 15.0 Å². The van der Waals surface area contributed by atoms with Gasteiger partial charge in [0.25, 0.3) is 5.91 Å². The number of nitrogens with one attached hydrogen (secondary N) is 1. The number of carbonyl (C=O) groups is 2. The lowest BCUT2D eigenvalue weighted by atomic mass is 10.1. The lowest BCUT2D eigenvalue weighted by Gasteiger charge is -2.31. The van der Waals surface area contributed by atoms with Crippen LogP contribution in [0.1, 0.15) is 44.6 Å². The van der Waals surface area contributed by atoms with Crippen LogP contribution in [0.3, 0.4) is 0 Å². The van der Waals surface area contributed by atoms with Crippen LogP contribution in [0.5, 0.6) is 5.75 Å². The zero-order valence-electron chi connectivity index (χ0n) is 20.5. The molecule has 1 aliphatic rings. The van der Waals surface area contributed by atoms with Gasteiger partial charge < -0.3 is 10.1 Å². The lowest BCUT2D eigenvalue weighted by Crippen LogP contribution is -2.52. The SMILES string of the molecule is CCC(C(=O)NC1CCCC1)N(C(=O)Cn1nnc(-c2ccc(C)cc2)n1)c1cccc(OC)c1. The van der Waals surface area contributed by atoms with Crippen molar-refractivity contribution in [1.82, 2.24) is 25.5 Å². The molecule has 2 amide bonds. The Bertz CT molecular complexity index is 1150. The molecule has 0 saturated heterocycles. The van der Waals surface area contributed by atoms with Gasteiger partial charge in [0.2, 0.25) is 11.7 Å². The molecule has 1 unspecified atom stereocenters. The highest BCUT2D eigenvalue weighted by atomic mass is 16.5. The van der Waals surface area contributed by atoms with Crippen LogP contribution in [0.25, 0.3) is 11.4 Å². The molecule has 35 heavy (non-hydrogen) atoms. The molecule has 0 aliphatic heterocycles. The van der Waals surface area contributed by atoms with E-state index in [9.17, 15) is 9.59 Å². The number of rotatable bonds is 9. The highest BCUT2D eigenvalue weighted by Gasteiger charge is 2.32. The number of aryl methyl sites for hydroxylation is 1. The highest BCUT2D eigenvalue weighted by Crippen LogP contribution is 2.26. The van der Waals surface area contributed by atoms with Gasteiger partial charge in [-0.15, -0.1) is 10.2 Å². The van der Waals surface area contributed by atoms with Crippen LogP contribution in [0.2, 0.25) is 0 Å². The Morgan fingerprint density at radius 1 is 1.17 bits per heavy atom. The van der Waals surface area contributed by atoms with Gasteiger partial charge in [-0.2, -0.15) is 4.80 Å². The van der Waals surface area contributed by atoms with Gasteiger partial charge in [-0.3, -0.25) is 14.5 Å². The summed E-state index contributed by atoms with van der Waals surface area (Å²) in [4.78, 5) is 29.7. The van der Waals surface area contributed by atoms with E-state index in [1.165, 1.54) is 9.70 Å². The second-order valence-electron chi connectivity index (χ2n) is 8.89. The van der Waals surface area contributed by atoms with E-state index in [0.29, 0.717) is 23.7 Å². The van der Waals surface area contributed by atoms with E-state index in [1.807, 2.05) is 38.1 Å². The summed E-state index contributed by atoms with van der Waals surface area (Å²) in [6.07, 6.45) is 4.63. The average molecular weight is 477 g/mol. The fourth-order valence-corrected chi connectivity index (χ4v) is 4.44. The number of ether oxygens (including phenoxy) is 1. The van der Waals surface area contributed by atoms with Crippen molar-refractivity contribution >= 4 is 17.5 Å². The van der Waals surface area contributed by atoms with Gasteiger partial charge in [-0.05, 0) is 43.5 Å². The third-order valence-electron chi connectivity index (χ3n) is 6.34. The zero-order valence-corrected chi connectivity index (χ0v) is 20.5. The number of tetrazole rings is 1. The minimum atomic E-state index is -0.671. The minimum absolute atomic E-state index is 0.150. The quantitative estimate of drug-likeness (QED) is 0.507. The molecule has 184 valence electrons. The third kappa shape index (κ3) is 5.85. The molecule has 2 aromatic carbocycles. The van der Waals surface area contributed by atoms with Gasteiger partial charge in [0.05, 0.1) is 7.11 Å². The maximum atomic E-state index is 13.6. The van der Waals surface area contributed by atoms with E-state index in [0.717, 1.165) is 36.8 Å². The van der Waals surface area contributed by atoms with Crippen molar-refractivity contribution in [3.05, 3.63) is 54.1 Å². The Morgan fingerprint density at radius 3 is 2.60 bits per heavy atom. The Labute approximate surface area is 205 Å². The zero-order chi connectivity index (χ0) is 24.8. The summed E-state index contributed by atoms with van der Waals surface area (Å²) in [5.41, 5.74) is 2.54. The molecule has 1 N–H and O–H groups in total. The van der Waals surface area contributed by atoms with Crippen molar-refractivity contribution in [1.29, 1.82) is 0 Å². The van der Waals surface area contributed by atoms with Crippen LogP contribution >= 0.6 is 0 Å². The van der Waals surface area contributed by atoms with Crippen LogP contribution in [-0.2, 0) is 16.1 Å². The summed E-state index contributed by atoms with van der Waals surface area (Å²) in [5.74, 6) is 0.589. The number of benzene rings is 2. The molecule has 1 saturated carbocycles. The number of carbonyl (C=O) groups excluding carboxylic acids is 2. The van der Waals surface area contributed by atoms with E-state index >= 15 is 0 Å². The molecule has 0 bridgehead atoms. The Hall–Kier alpha value is -3.75.